The Morgan fingerprint density at radius 1 is 1.03 bits per heavy atom. The van der Waals surface area contributed by atoms with Crippen LogP contribution in [0.2, 0.25) is 0 Å². The molecule has 1 aromatic carbocycles. The Morgan fingerprint density at radius 2 is 1.65 bits per heavy atom. The molecule has 3 aromatic rings. The summed E-state index contributed by atoms with van der Waals surface area (Å²) < 4.78 is 0. The summed E-state index contributed by atoms with van der Waals surface area (Å²) in [4.78, 5) is 61.7. The summed E-state index contributed by atoms with van der Waals surface area (Å²) in [6.07, 6.45) is 0.964. The Kier molecular flexibility index (Phi) is 9.57. The monoisotopic (exact) mass is 514 g/mol. The Labute approximate surface area is 210 Å². The quantitative estimate of drug-likeness (QED) is 0.226. The highest BCUT2D eigenvalue weighted by molar-refractivity contribution is 5.97. The molecule has 196 valence electrons. The van der Waals surface area contributed by atoms with E-state index in [0.717, 1.165) is 12.6 Å². The van der Waals surface area contributed by atoms with Gasteiger partial charge in [-0.3, -0.25) is 14.4 Å². The van der Waals surface area contributed by atoms with E-state index in [1.54, 1.807) is 18.3 Å². The van der Waals surface area contributed by atoms with E-state index in [1.807, 2.05) is 11.9 Å². The molecule has 0 aliphatic heterocycles. The molecule has 15 heteroatoms. The van der Waals surface area contributed by atoms with Gasteiger partial charge < -0.3 is 37.0 Å². The molecular weight excluding hydrogens is 488 g/mol. The first kappa shape index (κ1) is 28.2. The average Bonchev–Trinajstić information content (AvgIpc) is 2.81. The van der Waals surface area contributed by atoms with Gasteiger partial charge in [0.05, 0.1) is 18.4 Å². The van der Waals surface area contributed by atoms with E-state index < -0.39 is 29.9 Å². The van der Waals surface area contributed by atoms with Crippen LogP contribution in [0.25, 0.3) is 11.2 Å². The van der Waals surface area contributed by atoms with Gasteiger partial charge in [0.25, 0.3) is 11.9 Å². The lowest BCUT2D eigenvalue weighted by molar-refractivity contribution is -0.140. The van der Waals surface area contributed by atoms with Gasteiger partial charge in [-0.15, -0.1) is 0 Å². The summed E-state index contributed by atoms with van der Waals surface area (Å²) >= 11 is 0. The summed E-state index contributed by atoms with van der Waals surface area (Å²) in [6.45, 7) is 1.45. The van der Waals surface area contributed by atoms with Crippen LogP contribution in [0.1, 0.15) is 35.8 Å². The SMILES string of the molecule is CC(=O)O.CN(Cc1cnc2nc(N)nc(N)c2n1)c1ccc(C(=O)N[C@@H](CCC(=O)O)C(=O)O)cc1. The Balaban J connectivity index is 0.00000112. The molecule has 37 heavy (non-hydrogen) atoms. The van der Waals surface area contributed by atoms with E-state index in [0.29, 0.717) is 23.4 Å². The minimum Gasteiger partial charge on any atom is -0.481 e. The van der Waals surface area contributed by atoms with Crippen molar-refractivity contribution in [3.63, 3.8) is 0 Å². The van der Waals surface area contributed by atoms with Gasteiger partial charge in [0.15, 0.2) is 17.0 Å². The molecule has 1 amide bonds. The highest BCUT2D eigenvalue weighted by atomic mass is 16.4. The number of carboxylic acids is 3. The highest BCUT2D eigenvalue weighted by Gasteiger charge is 2.21. The molecule has 0 radical (unpaired) electrons. The molecule has 15 nitrogen and oxygen atoms in total. The van der Waals surface area contributed by atoms with Gasteiger partial charge in [-0.1, -0.05) is 0 Å². The number of carbonyl (C=O) groups excluding carboxylic acids is 1. The van der Waals surface area contributed by atoms with Crippen LogP contribution < -0.4 is 21.7 Å². The molecule has 0 aliphatic rings. The van der Waals surface area contributed by atoms with Crippen LogP contribution in [0.3, 0.4) is 0 Å². The molecule has 0 fully saturated rings. The Hall–Kier alpha value is -5.08. The third-order valence-corrected chi connectivity index (χ3v) is 4.72. The first-order valence-corrected chi connectivity index (χ1v) is 10.7. The first-order valence-electron chi connectivity index (χ1n) is 10.7. The lowest BCUT2D eigenvalue weighted by atomic mass is 10.1. The molecule has 0 saturated carbocycles. The number of nitrogens with one attached hydrogen (secondary N) is 1. The fourth-order valence-electron chi connectivity index (χ4n) is 3.03. The van der Waals surface area contributed by atoms with E-state index >= 15 is 0 Å². The molecule has 0 spiro atoms. The Morgan fingerprint density at radius 3 is 2.22 bits per heavy atom. The van der Waals surface area contributed by atoms with Crippen molar-refractivity contribution in [2.45, 2.75) is 32.4 Å². The van der Waals surface area contributed by atoms with Gasteiger partial charge in [0.1, 0.15) is 6.04 Å². The van der Waals surface area contributed by atoms with Crippen molar-refractivity contribution in [2.24, 2.45) is 0 Å². The molecule has 8 N–H and O–H groups in total. The van der Waals surface area contributed by atoms with Crippen LogP contribution in [0.5, 0.6) is 0 Å². The standard InChI is InChI=1S/C20H22N8O5.C2H4O2/c1-28(9-11-8-23-17-15(24-11)16(21)26-20(22)27-17)12-4-2-10(3-5-12)18(31)25-13(19(32)33)6-7-14(29)30;1-2(3)4/h2-5,8,13H,6-7,9H2,1H3,(H,25,31)(H,29,30)(H,32,33)(H4,21,22,23,26,27);1H3,(H,3,4)/t13-;/m0./s1. The molecule has 0 unspecified atom stereocenters. The van der Waals surface area contributed by atoms with Crippen LogP contribution >= 0.6 is 0 Å². The first-order chi connectivity index (χ1) is 17.4. The number of nitrogens with zero attached hydrogens (tertiary/aromatic N) is 5. The summed E-state index contributed by atoms with van der Waals surface area (Å²) in [5.41, 5.74) is 13.7. The molecular formula is C22H26N8O7. The van der Waals surface area contributed by atoms with Crippen molar-refractivity contribution >= 4 is 52.4 Å². The average molecular weight is 514 g/mol. The number of nitrogens with two attached hydrogens (primary N) is 2. The predicted octanol–water partition coefficient (Wildman–Crippen LogP) is 0.359. The number of anilines is 3. The number of rotatable bonds is 9. The lowest BCUT2D eigenvalue weighted by Gasteiger charge is -2.19. The molecule has 2 heterocycles. The van der Waals surface area contributed by atoms with Crippen LogP contribution in [-0.4, -0.2) is 72.2 Å². The molecule has 0 aliphatic carbocycles. The van der Waals surface area contributed by atoms with Crippen molar-refractivity contribution in [2.75, 3.05) is 23.4 Å². The predicted molar refractivity (Wildman–Crippen MR) is 132 cm³/mol. The summed E-state index contributed by atoms with van der Waals surface area (Å²) in [7, 11) is 1.82. The summed E-state index contributed by atoms with van der Waals surface area (Å²) in [6, 6.07) is 5.16. The van der Waals surface area contributed by atoms with E-state index in [2.05, 4.69) is 25.3 Å². The zero-order valence-corrected chi connectivity index (χ0v) is 20.0. The second kappa shape index (κ2) is 12.6. The van der Waals surface area contributed by atoms with Crippen LogP contribution in [0.4, 0.5) is 17.5 Å². The number of hydrogen-bond acceptors (Lipinski definition) is 11. The number of aromatic nitrogens is 4. The molecule has 0 saturated heterocycles. The smallest absolute Gasteiger partial charge is 0.326 e. The number of benzene rings is 1. The largest absolute Gasteiger partial charge is 0.481 e. The van der Waals surface area contributed by atoms with Crippen molar-refractivity contribution in [1.29, 1.82) is 0 Å². The van der Waals surface area contributed by atoms with Crippen molar-refractivity contribution in [1.82, 2.24) is 25.3 Å². The Bertz CT molecular complexity index is 1300. The normalized spacial score (nSPS) is 11.1. The number of nitrogen functional groups attached to an aromatic ring is 2. The minimum atomic E-state index is -1.30. The van der Waals surface area contributed by atoms with Crippen LogP contribution in [0.15, 0.2) is 30.5 Å². The third-order valence-electron chi connectivity index (χ3n) is 4.72. The van der Waals surface area contributed by atoms with E-state index in [9.17, 15) is 19.5 Å². The zero-order valence-electron chi connectivity index (χ0n) is 20.0. The van der Waals surface area contributed by atoms with Gasteiger partial charge in [-0.2, -0.15) is 9.97 Å². The third kappa shape index (κ3) is 8.57. The second-order valence-electron chi connectivity index (χ2n) is 7.72. The second-order valence-corrected chi connectivity index (χ2v) is 7.72. The fourth-order valence-corrected chi connectivity index (χ4v) is 3.03. The maximum atomic E-state index is 12.4. The van der Waals surface area contributed by atoms with Crippen LogP contribution in [-0.2, 0) is 20.9 Å². The number of carboxylic acid groups (broad SMARTS) is 3. The van der Waals surface area contributed by atoms with E-state index in [4.69, 9.17) is 26.5 Å². The summed E-state index contributed by atoms with van der Waals surface area (Å²) in [5.74, 6) is -3.74. The molecule has 0 bridgehead atoms. The number of aliphatic carboxylic acids is 3. The van der Waals surface area contributed by atoms with Gasteiger partial charge in [0, 0.05) is 31.6 Å². The number of amides is 1. The zero-order chi connectivity index (χ0) is 27.7. The van der Waals surface area contributed by atoms with Crippen molar-refractivity contribution in [3.05, 3.63) is 41.7 Å². The minimum absolute atomic E-state index is 0.0138. The maximum Gasteiger partial charge on any atom is 0.326 e. The highest BCUT2D eigenvalue weighted by Crippen LogP contribution is 2.19. The van der Waals surface area contributed by atoms with Gasteiger partial charge >= 0.3 is 11.9 Å². The molecule has 3 rings (SSSR count). The topological polar surface area (TPSA) is 248 Å². The number of fused-ring (bicyclic) bond motifs is 1. The lowest BCUT2D eigenvalue weighted by Crippen LogP contribution is -2.41. The summed E-state index contributed by atoms with van der Waals surface area (Å²) in [5, 5.41) is 27.7. The van der Waals surface area contributed by atoms with Gasteiger partial charge in [-0.25, -0.2) is 14.8 Å². The molecule has 1 atom stereocenters. The fraction of sp³-hybridized carbons (Fsp3) is 0.273. The maximum absolute atomic E-state index is 12.4. The number of hydrogen-bond donors (Lipinski definition) is 6. The van der Waals surface area contributed by atoms with Gasteiger partial charge in [-0.05, 0) is 30.7 Å². The van der Waals surface area contributed by atoms with Gasteiger partial charge in [0.2, 0.25) is 5.95 Å². The molecule has 2 aromatic heterocycles. The van der Waals surface area contributed by atoms with E-state index in [1.165, 1.54) is 12.1 Å². The van der Waals surface area contributed by atoms with Crippen molar-refractivity contribution < 1.29 is 34.5 Å². The number of carbonyl (C=O) groups is 4. The van der Waals surface area contributed by atoms with Crippen molar-refractivity contribution in [3.8, 4) is 0 Å². The van der Waals surface area contributed by atoms with E-state index in [-0.39, 0.29) is 30.2 Å². The van der Waals surface area contributed by atoms with Crippen LogP contribution in [0, 0.1) is 0 Å².